The molecule has 0 N–H and O–H groups in total. The van der Waals surface area contributed by atoms with E-state index in [0.717, 1.165) is 21.4 Å². The van der Waals surface area contributed by atoms with Gasteiger partial charge in [0.15, 0.2) is 0 Å². The van der Waals surface area contributed by atoms with Crippen LogP contribution in [0, 0.1) is 0 Å². The highest BCUT2D eigenvalue weighted by atomic mass is 32.2. The molecule has 22 heavy (non-hydrogen) atoms. The maximum atomic E-state index is 11.9. The van der Waals surface area contributed by atoms with E-state index in [1.165, 1.54) is 23.5 Å². The van der Waals surface area contributed by atoms with Gasteiger partial charge in [-0.3, -0.25) is 4.79 Å². The highest BCUT2D eigenvalue weighted by Gasteiger charge is 2.21. The van der Waals surface area contributed by atoms with Gasteiger partial charge in [-0.05, 0) is 53.9 Å². The van der Waals surface area contributed by atoms with E-state index < -0.39 is 0 Å². The first-order valence-electron chi connectivity index (χ1n) is 6.64. The van der Waals surface area contributed by atoms with Crippen molar-refractivity contribution in [3.05, 3.63) is 65.9 Å². The monoisotopic (exact) mass is 327 g/mol. The van der Waals surface area contributed by atoms with Crippen LogP contribution >= 0.6 is 23.5 Å². The van der Waals surface area contributed by atoms with Crippen LogP contribution in [0.25, 0.3) is 6.08 Å². The molecule has 110 valence electrons. The van der Waals surface area contributed by atoms with E-state index in [-0.39, 0.29) is 5.12 Å². The van der Waals surface area contributed by atoms with Gasteiger partial charge in [0.05, 0.1) is 0 Å². The fraction of sp³-hybridized carbons (Fsp3) is 0.0588. The molecule has 1 aliphatic rings. The maximum Gasteiger partial charge on any atom is 0.244 e. The highest BCUT2D eigenvalue weighted by molar-refractivity contribution is 8.45. The summed E-state index contributed by atoms with van der Waals surface area (Å²) < 4.78 is 6.58. The zero-order chi connectivity index (χ0) is 15.4. The second kappa shape index (κ2) is 6.85. The Hall–Kier alpha value is -1.98. The Morgan fingerprint density at radius 3 is 2.59 bits per heavy atom. The van der Waals surface area contributed by atoms with Crippen molar-refractivity contribution in [3.8, 4) is 11.5 Å². The van der Waals surface area contributed by atoms with E-state index in [0.29, 0.717) is 5.70 Å². The Morgan fingerprint density at radius 1 is 1.09 bits per heavy atom. The number of rotatable bonds is 3. The number of benzene rings is 2. The molecule has 0 radical (unpaired) electrons. The Labute approximate surface area is 137 Å². The quantitative estimate of drug-likeness (QED) is 0.758. The number of hydrogen-bond acceptors (Lipinski definition) is 5. The predicted molar refractivity (Wildman–Crippen MR) is 94.5 cm³/mol. The van der Waals surface area contributed by atoms with Crippen LogP contribution in [-0.2, 0) is 4.79 Å². The standard InChI is InChI=1S/C17H13NO2S2/c1-21-17-18-15(16(19)22-17)11-12-6-5-9-14(10-12)20-13-7-3-2-4-8-13/h2-11H,1H3. The van der Waals surface area contributed by atoms with Gasteiger partial charge in [0.25, 0.3) is 0 Å². The lowest BCUT2D eigenvalue weighted by atomic mass is 10.2. The van der Waals surface area contributed by atoms with Gasteiger partial charge in [-0.25, -0.2) is 4.99 Å². The molecule has 0 aromatic heterocycles. The van der Waals surface area contributed by atoms with Gasteiger partial charge in [0.2, 0.25) is 5.12 Å². The molecule has 2 aromatic rings. The summed E-state index contributed by atoms with van der Waals surface area (Å²) in [7, 11) is 0. The molecule has 0 saturated carbocycles. The number of ether oxygens (including phenoxy) is 1. The average Bonchev–Trinajstić information content (AvgIpc) is 2.89. The molecule has 3 rings (SSSR count). The van der Waals surface area contributed by atoms with Crippen LogP contribution in [0.4, 0.5) is 0 Å². The molecule has 3 nitrogen and oxygen atoms in total. The number of thioether (sulfide) groups is 2. The van der Waals surface area contributed by atoms with Gasteiger partial charge in [-0.15, -0.1) is 11.8 Å². The number of aliphatic imine (C=N–C) groups is 1. The average molecular weight is 327 g/mol. The Morgan fingerprint density at radius 2 is 1.86 bits per heavy atom. The normalized spacial score (nSPS) is 16.0. The second-order valence-corrected chi connectivity index (χ2v) is 6.50. The number of hydrogen-bond donors (Lipinski definition) is 0. The molecule has 0 fully saturated rings. The molecule has 0 saturated heterocycles. The summed E-state index contributed by atoms with van der Waals surface area (Å²) in [5.74, 6) is 1.51. The van der Waals surface area contributed by atoms with Crippen molar-refractivity contribution < 1.29 is 9.53 Å². The minimum atomic E-state index is -0.0151. The van der Waals surface area contributed by atoms with E-state index in [1.54, 1.807) is 6.08 Å². The van der Waals surface area contributed by atoms with Crippen LogP contribution in [0.3, 0.4) is 0 Å². The SMILES string of the molecule is CSC1=NC(=Cc2cccc(Oc3ccccc3)c2)C(=O)S1. The number of nitrogens with zero attached hydrogens (tertiary/aromatic N) is 1. The molecule has 0 bridgehead atoms. The van der Waals surface area contributed by atoms with Crippen LogP contribution < -0.4 is 4.74 Å². The van der Waals surface area contributed by atoms with Gasteiger partial charge < -0.3 is 4.74 Å². The summed E-state index contributed by atoms with van der Waals surface area (Å²) in [6, 6.07) is 17.2. The lowest BCUT2D eigenvalue weighted by molar-refractivity contribution is -0.107. The predicted octanol–water partition coefficient (Wildman–Crippen LogP) is 4.81. The van der Waals surface area contributed by atoms with Crippen molar-refractivity contribution in [2.45, 2.75) is 0 Å². The van der Waals surface area contributed by atoms with Gasteiger partial charge in [-0.1, -0.05) is 30.3 Å². The summed E-state index contributed by atoms with van der Waals surface area (Å²) in [6.45, 7) is 0. The maximum absolute atomic E-state index is 11.9. The fourth-order valence-corrected chi connectivity index (χ4v) is 3.19. The molecular weight excluding hydrogens is 314 g/mol. The third-order valence-electron chi connectivity index (χ3n) is 2.92. The highest BCUT2D eigenvalue weighted by Crippen LogP contribution is 2.30. The van der Waals surface area contributed by atoms with E-state index in [9.17, 15) is 4.79 Å². The minimum absolute atomic E-state index is 0.0151. The zero-order valence-electron chi connectivity index (χ0n) is 11.9. The van der Waals surface area contributed by atoms with Crippen molar-refractivity contribution in [2.24, 2.45) is 4.99 Å². The minimum Gasteiger partial charge on any atom is -0.457 e. The summed E-state index contributed by atoms with van der Waals surface area (Å²) >= 11 is 2.66. The van der Waals surface area contributed by atoms with Gasteiger partial charge in [0.1, 0.15) is 21.6 Å². The van der Waals surface area contributed by atoms with Gasteiger partial charge in [-0.2, -0.15) is 0 Å². The van der Waals surface area contributed by atoms with E-state index in [2.05, 4.69) is 4.99 Å². The Kier molecular flexibility index (Phi) is 4.65. The van der Waals surface area contributed by atoms with Crippen molar-refractivity contribution in [3.63, 3.8) is 0 Å². The molecule has 5 heteroatoms. The molecule has 0 atom stereocenters. The molecule has 1 aliphatic heterocycles. The number of para-hydroxylation sites is 1. The van der Waals surface area contributed by atoms with Crippen LogP contribution in [-0.4, -0.2) is 15.7 Å². The summed E-state index contributed by atoms with van der Waals surface area (Å²) in [6.07, 6.45) is 3.70. The van der Waals surface area contributed by atoms with Gasteiger partial charge in [0, 0.05) is 0 Å². The summed E-state index contributed by atoms with van der Waals surface area (Å²) in [4.78, 5) is 16.2. The topological polar surface area (TPSA) is 38.7 Å². The largest absolute Gasteiger partial charge is 0.457 e. The molecule has 0 amide bonds. The first kappa shape index (κ1) is 14.9. The van der Waals surface area contributed by atoms with E-state index in [4.69, 9.17) is 4.74 Å². The molecule has 1 heterocycles. The Bertz CT molecular complexity index is 754. The van der Waals surface area contributed by atoms with Crippen molar-refractivity contribution in [1.82, 2.24) is 0 Å². The first-order valence-corrected chi connectivity index (χ1v) is 8.68. The van der Waals surface area contributed by atoms with Crippen LogP contribution in [0.2, 0.25) is 0 Å². The molecule has 0 spiro atoms. The van der Waals surface area contributed by atoms with E-state index >= 15 is 0 Å². The smallest absolute Gasteiger partial charge is 0.244 e. The lowest BCUT2D eigenvalue weighted by Gasteiger charge is -2.06. The molecule has 0 unspecified atom stereocenters. The summed E-state index contributed by atoms with van der Waals surface area (Å²) in [5, 5.41) is -0.0151. The van der Waals surface area contributed by atoms with Gasteiger partial charge >= 0.3 is 0 Å². The van der Waals surface area contributed by atoms with Crippen molar-refractivity contribution in [1.29, 1.82) is 0 Å². The molecular formula is C17H13NO2S2. The number of carbonyl (C=O) groups is 1. The van der Waals surface area contributed by atoms with Crippen LogP contribution in [0.15, 0.2) is 65.3 Å². The first-order chi connectivity index (χ1) is 10.7. The summed E-state index contributed by atoms with van der Waals surface area (Å²) in [5.41, 5.74) is 1.37. The fourth-order valence-electron chi connectivity index (χ4n) is 1.93. The van der Waals surface area contributed by atoms with Crippen LogP contribution in [0.5, 0.6) is 11.5 Å². The third-order valence-corrected chi connectivity index (χ3v) is 4.77. The second-order valence-electron chi connectivity index (χ2n) is 4.49. The zero-order valence-corrected chi connectivity index (χ0v) is 13.5. The molecule has 0 aliphatic carbocycles. The molecule has 2 aromatic carbocycles. The van der Waals surface area contributed by atoms with E-state index in [1.807, 2.05) is 60.9 Å². The van der Waals surface area contributed by atoms with Crippen molar-refractivity contribution in [2.75, 3.05) is 6.26 Å². The number of carbonyl (C=O) groups excluding carboxylic acids is 1. The van der Waals surface area contributed by atoms with Crippen molar-refractivity contribution >= 4 is 39.1 Å². The lowest BCUT2D eigenvalue weighted by Crippen LogP contribution is -1.88. The third kappa shape index (κ3) is 3.61. The Balaban J connectivity index is 1.83. The van der Waals surface area contributed by atoms with Crippen LogP contribution in [0.1, 0.15) is 5.56 Å².